The number of phenols is 1. The van der Waals surface area contributed by atoms with E-state index in [-0.39, 0.29) is 11.3 Å². The van der Waals surface area contributed by atoms with Crippen LogP contribution in [0.15, 0.2) is 28.2 Å². The van der Waals surface area contributed by atoms with Crippen LogP contribution in [0.25, 0.3) is 6.08 Å². The Bertz CT molecular complexity index is 615. The average Bonchev–Trinajstić information content (AvgIpc) is 2.44. The highest BCUT2D eigenvalue weighted by Crippen LogP contribution is 2.30. The highest BCUT2D eigenvalue weighted by Gasteiger charge is 2.41. The first-order valence-corrected chi connectivity index (χ1v) is 7.81. The summed E-state index contributed by atoms with van der Waals surface area (Å²) in [6.45, 7) is 3.59. The van der Waals surface area contributed by atoms with Crippen molar-refractivity contribution in [2.45, 2.75) is 38.9 Å². The summed E-state index contributed by atoms with van der Waals surface area (Å²) in [5.41, 5.74) is 0.414. The predicted molar refractivity (Wildman–Crippen MR) is 83.9 cm³/mol. The van der Waals surface area contributed by atoms with Crippen LogP contribution >= 0.6 is 15.9 Å². The third-order valence-electron chi connectivity index (χ3n) is 3.32. The highest BCUT2D eigenvalue weighted by molar-refractivity contribution is 9.10. The van der Waals surface area contributed by atoms with Crippen LogP contribution < -0.4 is 0 Å². The summed E-state index contributed by atoms with van der Waals surface area (Å²) in [4.78, 5) is 24.2. The Morgan fingerprint density at radius 2 is 1.91 bits per heavy atom. The number of benzene rings is 1. The maximum absolute atomic E-state index is 12.1. The molecule has 22 heavy (non-hydrogen) atoms. The van der Waals surface area contributed by atoms with E-state index in [4.69, 9.17) is 9.47 Å². The van der Waals surface area contributed by atoms with Crippen molar-refractivity contribution >= 4 is 33.9 Å². The summed E-state index contributed by atoms with van der Waals surface area (Å²) < 4.78 is 11.0. The molecule has 1 saturated heterocycles. The van der Waals surface area contributed by atoms with E-state index in [1.54, 1.807) is 19.1 Å². The second kappa shape index (κ2) is 6.52. The van der Waals surface area contributed by atoms with Gasteiger partial charge in [0.25, 0.3) is 5.79 Å². The zero-order valence-corrected chi connectivity index (χ0v) is 14.0. The van der Waals surface area contributed by atoms with Crippen molar-refractivity contribution in [3.63, 3.8) is 0 Å². The fraction of sp³-hybridized carbons (Fsp3) is 0.375. The van der Waals surface area contributed by atoms with Crippen molar-refractivity contribution in [3.8, 4) is 5.75 Å². The minimum atomic E-state index is -1.20. The van der Waals surface area contributed by atoms with Gasteiger partial charge in [0.05, 0.1) is 4.47 Å². The second-order valence-corrected chi connectivity index (χ2v) is 6.14. The van der Waals surface area contributed by atoms with E-state index in [0.717, 1.165) is 12.8 Å². The summed E-state index contributed by atoms with van der Waals surface area (Å²) in [6.07, 6.45) is 3.56. The van der Waals surface area contributed by atoms with Crippen molar-refractivity contribution in [1.29, 1.82) is 0 Å². The molecule has 0 aliphatic carbocycles. The molecular formula is C16H17BrO5. The first kappa shape index (κ1) is 16.5. The molecule has 0 aromatic heterocycles. The summed E-state index contributed by atoms with van der Waals surface area (Å²) in [5, 5.41) is 9.45. The molecule has 6 heteroatoms. The molecule has 0 radical (unpaired) electrons. The van der Waals surface area contributed by atoms with Crippen molar-refractivity contribution in [1.82, 2.24) is 0 Å². The molecule has 1 aliphatic rings. The molecule has 0 spiro atoms. The molecule has 5 nitrogen and oxygen atoms in total. The quantitative estimate of drug-likeness (QED) is 0.499. The average molecular weight is 369 g/mol. The number of ether oxygens (including phenoxy) is 2. The first-order chi connectivity index (χ1) is 10.3. The lowest BCUT2D eigenvalue weighted by atomic mass is 10.1. The monoisotopic (exact) mass is 368 g/mol. The number of hydrogen-bond acceptors (Lipinski definition) is 5. The fourth-order valence-corrected chi connectivity index (χ4v) is 2.50. The summed E-state index contributed by atoms with van der Waals surface area (Å²) >= 11 is 3.18. The van der Waals surface area contributed by atoms with Gasteiger partial charge >= 0.3 is 11.9 Å². The van der Waals surface area contributed by atoms with Gasteiger partial charge in [-0.1, -0.05) is 19.4 Å². The standard InChI is InChI=1S/C16H17BrO5/c1-3-4-7-16(2)21-14(19)11(15(20)22-16)8-10-5-6-13(18)12(17)9-10/h5-6,8-9,18H,3-4,7H2,1-2H3. The van der Waals surface area contributed by atoms with E-state index in [1.165, 1.54) is 12.1 Å². The molecule has 0 bridgehead atoms. The largest absolute Gasteiger partial charge is 0.507 e. The summed E-state index contributed by atoms with van der Waals surface area (Å²) in [5.74, 6) is -2.52. The van der Waals surface area contributed by atoms with E-state index >= 15 is 0 Å². The molecule has 1 aliphatic heterocycles. The third-order valence-corrected chi connectivity index (χ3v) is 3.96. The molecule has 0 atom stereocenters. The SMILES string of the molecule is CCCCC1(C)OC(=O)C(=Cc2ccc(O)c(Br)c2)C(=O)O1. The molecule has 2 rings (SSSR count). The molecule has 0 saturated carbocycles. The van der Waals surface area contributed by atoms with Gasteiger partial charge in [0.1, 0.15) is 11.3 Å². The van der Waals surface area contributed by atoms with Crippen LogP contribution in [-0.2, 0) is 19.1 Å². The van der Waals surface area contributed by atoms with Gasteiger partial charge in [-0.15, -0.1) is 0 Å². The number of halogens is 1. The van der Waals surface area contributed by atoms with E-state index in [1.807, 2.05) is 6.92 Å². The number of aromatic hydroxyl groups is 1. The van der Waals surface area contributed by atoms with Crippen LogP contribution in [0.2, 0.25) is 0 Å². The van der Waals surface area contributed by atoms with Gasteiger partial charge in [-0.2, -0.15) is 0 Å². The number of cyclic esters (lactones) is 2. The van der Waals surface area contributed by atoms with Crippen LogP contribution in [0.1, 0.15) is 38.7 Å². The molecule has 1 fully saturated rings. The van der Waals surface area contributed by atoms with Crippen LogP contribution in [0.3, 0.4) is 0 Å². The van der Waals surface area contributed by atoms with Gasteiger partial charge in [-0.05, 0) is 46.1 Å². The number of phenolic OH excluding ortho intramolecular Hbond substituents is 1. The Kier molecular flexibility index (Phi) is 4.90. The van der Waals surface area contributed by atoms with Gasteiger partial charge in [0.15, 0.2) is 0 Å². The van der Waals surface area contributed by atoms with E-state index in [0.29, 0.717) is 16.5 Å². The Morgan fingerprint density at radius 3 is 2.45 bits per heavy atom. The Labute approximate surface area is 137 Å². The molecule has 0 unspecified atom stereocenters. The summed E-state index contributed by atoms with van der Waals surface area (Å²) in [6, 6.07) is 4.63. The minimum Gasteiger partial charge on any atom is -0.507 e. The van der Waals surface area contributed by atoms with Crippen LogP contribution in [0.5, 0.6) is 5.75 Å². The minimum absolute atomic E-state index is 0.0723. The number of rotatable bonds is 4. The highest BCUT2D eigenvalue weighted by atomic mass is 79.9. The Hall–Kier alpha value is -1.82. The molecule has 118 valence electrons. The maximum atomic E-state index is 12.1. The van der Waals surface area contributed by atoms with Crippen LogP contribution in [0.4, 0.5) is 0 Å². The molecule has 1 N–H and O–H groups in total. The fourth-order valence-electron chi connectivity index (χ4n) is 2.10. The number of unbranched alkanes of at least 4 members (excludes halogenated alkanes) is 1. The number of carbonyl (C=O) groups is 2. The van der Waals surface area contributed by atoms with Gasteiger partial charge in [-0.3, -0.25) is 0 Å². The summed E-state index contributed by atoms with van der Waals surface area (Å²) in [7, 11) is 0. The lowest BCUT2D eigenvalue weighted by Gasteiger charge is -2.33. The first-order valence-electron chi connectivity index (χ1n) is 7.01. The number of carbonyl (C=O) groups excluding carboxylic acids is 2. The molecule has 0 amide bonds. The van der Waals surface area contributed by atoms with Crippen LogP contribution in [-0.4, -0.2) is 22.8 Å². The number of esters is 2. The lowest BCUT2D eigenvalue weighted by Crippen LogP contribution is -2.44. The molecular weight excluding hydrogens is 352 g/mol. The smallest absolute Gasteiger partial charge is 0.348 e. The van der Waals surface area contributed by atoms with Gasteiger partial charge in [0.2, 0.25) is 0 Å². The van der Waals surface area contributed by atoms with Gasteiger partial charge in [0, 0.05) is 13.3 Å². The Balaban J connectivity index is 2.23. The number of hydrogen-bond donors (Lipinski definition) is 1. The topological polar surface area (TPSA) is 72.8 Å². The maximum Gasteiger partial charge on any atom is 0.348 e. The van der Waals surface area contributed by atoms with E-state index in [2.05, 4.69) is 15.9 Å². The molecule has 1 heterocycles. The van der Waals surface area contributed by atoms with Crippen molar-refractivity contribution in [2.75, 3.05) is 0 Å². The molecule has 1 aromatic carbocycles. The van der Waals surface area contributed by atoms with E-state index < -0.39 is 17.7 Å². The van der Waals surface area contributed by atoms with Gasteiger partial charge < -0.3 is 14.6 Å². The zero-order chi connectivity index (χ0) is 16.3. The third kappa shape index (κ3) is 3.68. The van der Waals surface area contributed by atoms with Crippen molar-refractivity contribution in [2.24, 2.45) is 0 Å². The van der Waals surface area contributed by atoms with Crippen LogP contribution in [0, 0.1) is 0 Å². The lowest BCUT2D eigenvalue weighted by molar-refractivity contribution is -0.230. The molecule has 1 aromatic rings. The normalized spacial score (nSPS) is 21.3. The van der Waals surface area contributed by atoms with Crippen molar-refractivity contribution < 1.29 is 24.2 Å². The van der Waals surface area contributed by atoms with Crippen molar-refractivity contribution in [3.05, 3.63) is 33.8 Å². The Morgan fingerprint density at radius 1 is 1.27 bits per heavy atom. The zero-order valence-electron chi connectivity index (χ0n) is 12.4. The second-order valence-electron chi connectivity index (χ2n) is 5.29. The predicted octanol–water partition coefficient (Wildman–Crippen LogP) is 3.54. The van der Waals surface area contributed by atoms with E-state index in [9.17, 15) is 14.7 Å². The van der Waals surface area contributed by atoms with Gasteiger partial charge in [-0.25, -0.2) is 9.59 Å².